The maximum absolute atomic E-state index is 8.20. The third-order valence-electron chi connectivity index (χ3n) is 0.682. The molecule has 0 radical (unpaired) electrons. The Balaban J connectivity index is 2.48. The van der Waals surface area contributed by atoms with Gasteiger partial charge in [0.1, 0.15) is 0 Å². The van der Waals surface area contributed by atoms with E-state index in [1.54, 1.807) is 6.07 Å². The lowest BCUT2D eigenvalue weighted by Gasteiger charge is -1.99. The van der Waals surface area contributed by atoms with Crippen molar-refractivity contribution in [1.82, 2.24) is 9.94 Å². The summed E-state index contributed by atoms with van der Waals surface area (Å²) in [5.74, 6) is 0. The van der Waals surface area contributed by atoms with E-state index in [1.807, 2.05) is 0 Å². The lowest BCUT2D eigenvalue weighted by atomic mass is 10.3. The molecule has 0 amide bonds. The number of hydrogen-bond donors (Lipinski definition) is 2. The van der Waals surface area contributed by atoms with E-state index in [0.717, 1.165) is 4.85 Å². The first-order chi connectivity index (χ1) is 4.29. The minimum atomic E-state index is -1.81. The molecule has 0 saturated carbocycles. The Morgan fingerprint density at radius 2 is 2.33 bits per heavy atom. The van der Waals surface area contributed by atoms with Gasteiger partial charge in [0.05, 0.1) is 12.4 Å². The van der Waals surface area contributed by atoms with Crippen molar-refractivity contribution < 1.29 is 14.8 Å². The Kier molecular flexibility index (Phi) is 1.71. The fourth-order valence-electron chi connectivity index (χ4n) is 0.414. The van der Waals surface area contributed by atoms with Crippen molar-refractivity contribution in [3.05, 3.63) is 18.5 Å². The molecule has 9 heavy (non-hydrogen) atoms. The predicted molar refractivity (Wildman–Crippen MR) is 29.0 cm³/mol. The van der Waals surface area contributed by atoms with E-state index in [0.29, 0.717) is 0 Å². The molecule has 0 aliphatic rings. The van der Waals surface area contributed by atoms with E-state index < -0.39 is 7.32 Å². The molecule has 0 fully saturated rings. The highest BCUT2D eigenvalue weighted by Gasteiger charge is 2.10. The fraction of sp³-hybridized carbons (Fsp3) is 0. The van der Waals surface area contributed by atoms with E-state index in [-0.39, 0.29) is 0 Å². The van der Waals surface area contributed by atoms with Crippen LogP contribution in [-0.4, -0.2) is 27.3 Å². The van der Waals surface area contributed by atoms with Crippen LogP contribution in [0.4, 0.5) is 0 Å². The van der Waals surface area contributed by atoms with Gasteiger partial charge in [-0.25, -0.2) is 0 Å². The third-order valence-corrected chi connectivity index (χ3v) is 0.682. The largest absolute Gasteiger partial charge is 0.729 e. The number of rotatable bonds is 2. The summed E-state index contributed by atoms with van der Waals surface area (Å²) in [6.07, 6.45) is 2.90. The topological polar surface area (TPSA) is 67.5 Å². The summed E-state index contributed by atoms with van der Waals surface area (Å²) in [6, 6.07) is 1.60. The number of nitrogens with zero attached hydrogens (tertiary/aromatic N) is 2. The molecular formula is C3H5BN2O3. The molecule has 1 aromatic rings. The first kappa shape index (κ1) is 6.12. The second-order valence-corrected chi connectivity index (χ2v) is 1.34. The van der Waals surface area contributed by atoms with Gasteiger partial charge in [-0.05, 0) is 6.07 Å². The van der Waals surface area contributed by atoms with Crippen LogP contribution in [0.5, 0.6) is 0 Å². The first-order valence-electron chi connectivity index (χ1n) is 2.32. The molecule has 0 unspecified atom stereocenters. The average molecular weight is 128 g/mol. The van der Waals surface area contributed by atoms with Crippen LogP contribution in [0.25, 0.3) is 0 Å². The number of aromatic nitrogens is 2. The third kappa shape index (κ3) is 1.75. The molecule has 1 heterocycles. The van der Waals surface area contributed by atoms with Crippen molar-refractivity contribution in [3.8, 4) is 0 Å². The zero-order valence-electron chi connectivity index (χ0n) is 4.51. The van der Waals surface area contributed by atoms with Crippen LogP contribution >= 0.6 is 0 Å². The standard InChI is InChI=1S/C3H5BN2O3/c7-4(8)9-6-3-1-2-5-6/h1-3,7-8H. The molecule has 0 aliphatic heterocycles. The van der Waals surface area contributed by atoms with Gasteiger partial charge in [-0.2, -0.15) is 0 Å². The van der Waals surface area contributed by atoms with Crippen LogP contribution in [-0.2, 0) is 0 Å². The highest BCUT2D eigenvalue weighted by atomic mass is 16.7. The fourth-order valence-corrected chi connectivity index (χ4v) is 0.414. The highest BCUT2D eigenvalue weighted by molar-refractivity contribution is 6.32. The van der Waals surface area contributed by atoms with Crippen LogP contribution in [0.3, 0.4) is 0 Å². The second-order valence-electron chi connectivity index (χ2n) is 1.34. The van der Waals surface area contributed by atoms with Crippen molar-refractivity contribution in [2.24, 2.45) is 0 Å². The van der Waals surface area contributed by atoms with Crippen molar-refractivity contribution in [2.75, 3.05) is 0 Å². The molecular weight excluding hydrogens is 123 g/mol. The Hall–Kier alpha value is -1.01. The van der Waals surface area contributed by atoms with Crippen LogP contribution in [0.15, 0.2) is 18.5 Å². The second kappa shape index (κ2) is 2.52. The summed E-state index contributed by atoms with van der Waals surface area (Å²) in [4.78, 5) is 0.949. The Labute approximate surface area is 51.6 Å². The SMILES string of the molecule is OB(O)On1cccn1. The molecule has 0 bridgehead atoms. The molecule has 0 aromatic carbocycles. The highest BCUT2D eigenvalue weighted by Crippen LogP contribution is 1.78. The summed E-state index contributed by atoms with van der Waals surface area (Å²) < 4.78 is 4.27. The summed E-state index contributed by atoms with van der Waals surface area (Å²) >= 11 is 0. The molecule has 2 N–H and O–H groups in total. The van der Waals surface area contributed by atoms with Gasteiger partial charge in [0.2, 0.25) is 0 Å². The van der Waals surface area contributed by atoms with Gasteiger partial charge < -0.3 is 14.8 Å². The van der Waals surface area contributed by atoms with Crippen molar-refractivity contribution in [1.29, 1.82) is 0 Å². The minimum Gasteiger partial charge on any atom is -0.405 e. The maximum atomic E-state index is 8.20. The molecule has 6 heteroatoms. The normalized spacial score (nSPS) is 9.11. The Morgan fingerprint density at radius 1 is 1.56 bits per heavy atom. The predicted octanol–water partition coefficient (Wildman–Crippen LogP) is -1.72. The molecule has 48 valence electrons. The molecule has 0 spiro atoms. The lowest BCUT2D eigenvalue weighted by molar-refractivity contribution is 0.141. The zero-order valence-corrected chi connectivity index (χ0v) is 4.51. The van der Waals surface area contributed by atoms with Crippen LogP contribution in [0.2, 0.25) is 0 Å². The van der Waals surface area contributed by atoms with Gasteiger partial charge in [-0.15, -0.1) is 9.94 Å². The quantitative estimate of drug-likeness (QED) is 0.465. The van der Waals surface area contributed by atoms with Crippen molar-refractivity contribution >= 4 is 7.32 Å². The number of hydrogen-bond acceptors (Lipinski definition) is 4. The smallest absolute Gasteiger partial charge is 0.405 e. The van der Waals surface area contributed by atoms with Gasteiger partial charge in [0.15, 0.2) is 0 Å². The molecule has 1 aromatic heterocycles. The molecule has 5 nitrogen and oxygen atoms in total. The van der Waals surface area contributed by atoms with E-state index >= 15 is 0 Å². The van der Waals surface area contributed by atoms with Gasteiger partial charge in [0.25, 0.3) is 0 Å². The van der Waals surface area contributed by atoms with Crippen LogP contribution in [0.1, 0.15) is 0 Å². The molecule has 1 rings (SSSR count). The summed E-state index contributed by atoms with van der Waals surface area (Å²) in [5.41, 5.74) is 0. The summed E-state index contributed by atoms with van der Waals surface area (Å²) in [6.45, 7) is 0. The van der Waals surface area contributed by atoms with Crippen molar-refractivity contribution in [3.63, 3.8) is 0 Å². The minimum absolute atomic E-state index is 0.949. The summed E-state index contributed by atoms with van der Waals surface area (Å²) in [7, 11) is -1.81. The van der Waals surface area contributed by atoms with Gasteiger partial charge in [-0.1, -0.05) is 0 Å². The molecule has 0 aliphatic carbocycles. The van der Waals surface area contributed by atoms with E-state index in [2.05, 4.69) is 9.85 Å². The van der Waals surface area contributed by atoms with Crippen LogP contribution in [0, 0.1) is 0 Å². The molecule has 0 saturated heterocycles. The van der Waals surface area contributed by atoms with E-state index in [4.69, 9.17) is 10.0 Å². The molecule has 0 atom stereocenters. The average Bonchev–Trinajstić information content (AvgIpc) is 2.15. The van der Waals surface area contributed by atoms with Gasteiger partial charge in [0, 0.05) is 0 Å². The van der Waals surface area contributed by atoms with Crippen molar-refractivity contribution in [2.45, 2.75) is 0 Å². The monoisotopic (exact) mass is 128 g/mol. The summed E-state index contributed by atoms with van der Waals surface area (Å²) in [5, 5.41) is 19.9. The lowest BCUT2D eigenvalue weighted by Crippen LogP contribution is -2.29. The Bertz CT molecular complexity index is 164. The van der Waals surface area contributed by atoms with E-state index in [1.165, 1.54) is 12.4 Å². The van der Waals surface area contributed by atoms with E-state index in [9.17, 15) is 0 Å². The first-order valence-corrected chi connectivity index (χ1v) is 2.32. The van der Waals surface area contributed by atoms with Gasteiger partial charge in [-0.3, -0.25) is 0 Å². The zero-order chi connectivity index (χ0) is 6.69. The maximum Gasteiger partial charge on any atom is 0.729 e. The van der Waals surface area contributed by atoms with Gasteiger partial charge >= 0.3 is 7.32 Å². The Morgan fingerprint density at radius 3 is 2.78 bits per heavy atom. The van der Waals surface area contributed by atoms with Crippen LogP contribution < -0.4 is 4.76 Å².